The highest BCUT2D eigenvalue weighted by molar-refractivity contribution is 6.00. The number of aromatic carboxylic acids is 1. The molecular formula is C29H30O10. The molecule has 4 N–H and O–H groups in total. The second-order valence-electron chi connectivity index (χ2n) is 9.30. The van der Waals surface area contributed by atoms with Crippen LogP contribution in [-0.2, 0) is 0 Å². The van der Waals surface area contributed by atoms with E-state index in [0.717, 1.165) is 0 Å². The Labute approximate surface area is 225 Å². The normalized spacial score (nSPS) is 10.8. The van der Waals surface area contributed by atoms with Crippen molar-refractivity contribution in [1.29, 1.82) is 0 Å². The molecule has 0 aromatic heterocycles. The smallest absolute Gasteiger partial charge is 0.347 e. The van der Waals surface area contributed by atoms with Crippen LogP contribution in [0.4, 0.5) is 0 Å². The first kappa shape index (κ1) is 28.8. The topological polar surface area (TPSA) is 160 Å². The van der Waals surface area contributed by atoms with E-state index in [1.807, 2.05) is 0 Å². The number of esters is 2. The van der Waals surface area contributed by atoms with E-state index in [-0.39, 0.29) is 56.4 Å². The number of carboxylic acid groups (broad SMARTS) is 1. The summed E-state index contributed by atoms with van der Waals surface area (Å²) in [4.78, 5) is 37.9. The number of aromatic hydroxyl groups is 3. The van der Waals surface area contributed by atoms with E-state index in [4.69, 9.17) is 14.2 Å². The summed E-state index contributed by atoms with van der Waals surface area (Å²) in [5.74, 6) is -3.92. The fraction of sp³-hybridized carbons (Fsp3) is 0.276. The Morgan fingerprint density at radius 3 is 1.72 bits per heavy atom. The van der Waals surface area contributed by atoms with Crippen LogP contribution >= 0.6 is 0 Å². The van der Waals surface area contributed by atoms with E-state index in [1.54, 1.807) is 27.7 Å². The standard InChI is InChI=1S/C29H30O10/c1-11-9-18(30)15(5)23(31)21(11)28(35)39-25-14(4)13(3)22(26(37-8)17(25)7)29(36)38-19-10-12(2)20(27(33)34)24(32)16(19)6/h9-10,30-32H,1-8H3,(H,33,34). The summed E-state index contributed by atoms with van der Waals surface area (Å²) in [6, 6.07) is 2.70. The molecule has 10 nitrogen and oxygen atoms in total. The van der Waals surface area contributed by atoms with Gasteiger partial charge in [-0.3, -0.25) is 0 Å². The number of carbonyl (C=O) groups excluding carboxylic acids is 2. The molecule has 0 amide bonds. The number of phenolic OH excluding ortho intramolecular Hbond substituents is 2. The SMILES string of the molecule is COc1c(C)c(OC(=O)c2c(C)cc(O)c(C)c2O)c(C)c(C)c1C(=O)Oc1cc(C)c(C(=O)O)c(O)c1C. The summed E-state index contributed by atoms with van der Waals surface area (Å²) in [6.45, 7) is 10.7. The number of hydrogen-bond donors (Lipinski definition) is 4. The number of methoxy groups -OCH3 is 1. The van der Waals surface area contributed by atoms with Gasteiger partial charge in [0.25, 0.3) is 0 Å². The van der Waals surface area contributed by atoms with Crippen LogP contribution in [0.25, 0.3) is 0 Å². The first-order valence-electron chi connectivity index (χ1n) is 11.8. The lowest BCUT2D eigenvalue weighted by Crippen LogP contribution is -2.18. The number of ether oxygens (including phenoxy) is 3. The summed E-state index contributed by atoms with van der Waals surface area (Å²) in [5, 5.41) is 40.1. The first-order chi connectivity index (χ1) is 18.1. The summed E-state index contributed by atoms with van der Waals surface area (Å²) >= 11 is 0. The van der Waals surface area contributed by atoms with Crippen LogP contribution in [0.15, 0.2) is 12.1 Å². The van der Waals surface area contributed by atoms with Crippen molar-refractivity contribution in [3.8, 4) is 34.5 Å². The van der Waals surface area contributed by atoms with Crippen molar-refractivity contribution in [2.45, 2.75) is 48.5 Å². The summed E-state index contributed by atoms with van der Waals surface area (Å²) in [7, 11) is 1.33. The number of hydrogen-bond acceptors (Lipinski definition) is 9. The molecule has 0 unspecified atom stereocenters. The predicted octanol–water partition coefficient (Wildman–Crippen LogP) is 5.11. The molecule has 0 saturated heterocycles. The zero-order valence-electron chi connectivity index (χ0n) is 22.9. The van der Waals surface area contributed by atoms with Gasteiger partial charge in [0.05, 0.1) is 7.11 Å². The van der Waals surface area contributed by atoms with Crippen LogP contribution in [0.3, 0.4) is 0 Å². The average Bonchev–Trinajstić information content (AvgIpc) is 2.85. The largest absolute Gasteiger partial charge is 0.508 e. The van der Waals surface area contributed by atoms with Gasteiger partial charge in [-0.15, -0.1) is 0 Å². The van der Waals surface area contributed by atoms with Gasteiger partial charge in [0.15, 0.2) is 0 Å². The number of benzene rings is 3. The third-order valence-corrected chi connectivity index (χ3v) is 6.84. The molecule has 0 aliphatic rings. The van der Waals surface area contributed by atoms with Crippen molar-refractivity contribution < 1.29 is 49.0 Å². The lowest BCUT2D eigenvalue weighted by Gasteiger charge is -2.21. The monoisotopic (exact) mass is 538 g/mol. The van der Waals surface area contributed by atoms with Crippen LogP contribution < -0.4 is 14.2 Å². The van der Waals surface area contributed by atoms with Crippen molar-refractivity contribution in [1.82, 2.24) is 0 Å². The number of aryl methyl sites for hydroxylation is 2. The van der Waals surface area contributed by atoms with E-state index >= 15 is 0 Å². The molecule has 0 aliphatic heterocycles. The number of rotatable bonds is 6. The van der Waals surface area contributed by atoms with Gasteiger partial charge in [-0.05, 0) is 82.9 Å². The molecule has 0 atom stereocenters. The highest BCUT2D eigenvalue weighted by Crippen LogP contribution is 2.41. The van der Waals surface area contributed by atoms with Crippen LogP contribution in [0, 0.1) is 48.5 Å². The van der Waals surface area contributed by atoms with Gasteiger partial charge in [-0.2, -0.15) is 0 Å². The quantitative estimate of drug-likeness (QED) is 0.245. The fourth-order valence-electron chi connectivity index (χ4n) is 4.43. The minimum Gasteiger partial charge on any atom is -0.508 e. The van der Waals surface area contributed by atoms with Gasteiger partial charge in [0.2, 0.25) is 0 Å². The van der Waals surface area contributed by atoms with Gasteiger partial charge >= 0.3 is 17.9 Å². The zero-order valence-corrected chi connectivity index (χ0v) is 22.9. The summed E-state index contributed by atoms with van der Waals surface area (Å²) < 4.78 is 16.8. The Morgan fingerprint density at radius 1 is 0.615 bits per heavy atom. The average molecular weight is 539 g/mol. The molecule has 3 aromatic carbocycles. The lowest BCUT2D eigenvalue weighted by atomic mass is 9.96. The summed E-state index contributed by atoms with van der Waals surface area (Å²) in [5.41, 5.74) is 1.48. The minimum atomic E-state index is -1.31. The van der Waals surface area contributed by atoms with Gasteiger partial charge in [-0.25, -0.2) is 14.4 Å². The van der Waals surface area contributed by atoms with Gasteiger partial charge in [0.1, 0.15) is 51.2 Å². The van der Waals surface area contributed by atoms with E-state index in [9.17, 15) is 34.8 Å². The number of phenols is 3. The molecule has 3 aromatic rings. The van der Waals surface area contributed by atoms with Crippen LogP contribution in [-0.4, -0.2) is 45.4 Å². The van der Waals surface area contributed by atoms with Crippen molar-refractivity contribution in [2.24, 2.45) is 0 Å². The maximum atomic E-state index is 13.4. The first-order valence-corrected chi connectivity index (χ1v) is 11.8. The zero-order chi connectivity index (χ0) is 29.5. The Balaban J connectivity index is 2.08. The molecule has 0 radical (unpaired) electrons. The van der Waals surface area contributed by atoms with E-state index in [0.29, 0.717) is 22.3 Å². The fourth-order valence-corrected chi connectivity index (χ4v) is 4.43. The van der Waals surface area contributed by atoms with Crippen molar-refractivity contribution in [3.05, 3.63) is 67.8 Å². The third kappa shape index (κ3) is 4.93. The Kier molecular flexibility index (Phi) is 7.81. The molecule has 39 heavy (non-hydrogen) atoms. The van der Waals surface area contributed by atoms with Crippen LogP contribution in [0.2, 0.25) is 0 Å². The second kappa shape index (κ2) is 10.6. The molecule has 0 heterocycles. The van der Waals surface area contributed by atoms with Gasteiger partial charge in [-0.1, -0.05) is 0 Å². The van der Waals surface area contributed by atoms with E-state index < -0.39 is 29.4 Å². The third-order valence-electron chi connectivity index (χ3n) is 6.84. The van der Waals surface area contributed by atoms with E-state index in [2.05, 4.69) is 0 Å². The maximum absolute atomic E-state index is 13.4. The molecule has 0 fully saturated rings. The number of carboxylic acids is 1. The van der Waals surface area contributed by atoms with Crippen molar-refractivity contribution in [2.75, 3.05) is 7.11 Å². The Bertz CT molecular complexity index is 1550. The Morgan fingerprint density at radius 2 is 1.15 bits per heavy atom. The molecule has 0 saturated carbocycles. The second-order valence-corrected chi connectivity index (χ2v) is 9.30. The van der Waals surface area contributed by atoms with Crippen LogP contribution in [0.1, 0.15) is 70.0 Å². The van der Waals surface area contributed by atoms with Gasteiger partial charge < -0.3 is 34.6 Å². The highest BCUT2D eigenvalue weighted by atomic mass is 16.5. The van der Waals surface area contributed by atoms with Gasteiger partial charge in [0, 0.05) is 16.7 Å². The molecule has 0 bridgehead atoms. The molecule has 3 rings (SSSR count). The van der Waals surface area contributed by atoms with Crippen molar-refractivity contribution in [3.63, 3.8) is 0 Å². The molecule has 10 heteroatoms. The van der Waals surface area contributed by atoms with Crippen LogP contribution in [0.5, 0.6) is 34.5 Å². The molecular weight excluding hydrogens is 508 g/mol. The Hall–Kier alpha value is -4.73. The molecule has 0 spiro atoms. The van der Waals surface area contributed by atoms with Crippen molar-refractivity contribution >= 4 is 17.9 Å². The lowest BCUT2D eigenvalue weighted by molar-refractivity contribution is 0.0689. The molecule has 206 valence electrons. The minimum absolute atomic E-state index is 0.0269. The molecule has 0 aliphatic carbocycles. The predicted molar refractivity (Wildman–Crippen MR) is 141 cm³/mol. The number of carbonyl (C=O) groups is 3. The highest BCUT2D eigenvalue weighted by Gasteiger charge is 2.29. The maximum Gasteiger partial charge on any atom is 0.347 e. The van der Waals surface area contributed by atoms with E-state index in [1.165, 1.54) is 40.0 Å². The summed E-state index contributed by atoms with van der Waals surface area (Å²) in [6.07, 6.45) is 0.